The molecule has 0 spiro atoms. The number of likely N-dealkylation sites (tertiary alicyclic amines) is 1. The van der Waals surface area contributed by atoms with Crippen LogP contribution in [0.1, 0.15) is 29.0 Å². The number of piperidine rings is 1. The van der Waals surface area contributed by atoms with E-state index in [0.717, 1.165) is 43.9 Å². The monoisotopic (exact) mass is 414 g/mol. The number of carbonyl (C=O) groups is 1. The van der Waals surface area contributed by atoms with Gasteiger partial charge in [-0.3, -0.25) is 4.79 Å². The number of amides is 1. The molecule has 3 heterocycles. The molecule has 1 aromatic carbocycles. The molecular weight excluding hydrogens is 388 g/mol. The molecule has 1 aliphatic heterocycles. The van der Waals surface area contributed by atoms with Gasteiger partial charge in [0, 0.05) is 19.3 Å². The van der Waals surface area contributed by atoms with Crippen molar-refractivity contribution >= 4 is 18.3 Å². The number of hydrogen-bond donors (Lipinski definition) is 1. The van der Waals surface area contributed by atoms with E-state index in [-0.39, 0.29) is 18.3 Å². The van der Waals surface area contributed by atoms with E-state index in [2.05, 4.69) is 10.4 Å². The standard InChI is InChI=1S/C22H26N4O2.ClH/c1-16-8-9-20(28-16)21-19(15-26(24-21)18-6-4-3-5-7-18)22(27)25-12-10-17(11-13-25)14-23-2;/h3-9,15,17,23H,10-14H2,1-2H3;1H. The van der Waals surface area contributed by atoms with Crippen LogP contribution >= 0.6 is 12.4 Å². The average molecular weight is 415 g/mol. The highest BCUT2D eigenvalue weighted by Gasteiger charge is 2.28. The highest BCUT2D eigenvalue weighted by Crippen LogP contribution is 2.28. The lowest BCUT2D eigenvalue weighted by Gasteiger charge is -2.31. The van der Waals surface area contributed by atoms with Crippen molar-refractivity contribution in [1.82, 2.24) is 20.0 Å². The van der Waals surface area contributed by atoms with Crippen LogP contribution in [0.25, 0.3) is 17.1 Å². The lowest BCUT2D eigenvalue weighted by Crippen LogP contribution is -2.40. The molecule has 1 fully saturated rings. The van der Waals surface area contributed by atoms with Crippen molar-refractivity contribution in [3.8, 4) is 17.1 Å². The van der Waals surface area contributed by atoms with Crippen LogP contribution < -0.4 is 5.32 Å². The summed E-state index contributed by atoms with van der Waals surface area (Å²) in [6, 6.07) is 13.6. The summed E-state index contributed by atoms with van der Waals surface area (Å²) in [5.41, 5.74) is 2.10. The number of aryl methyl sites for hydroxylation is 1. The first-order chi connectivity index (χ1) is 13.7. The summed E-state index contributed by atoms with van der Waals surface area (Å²) in [6.45, 7) is 4.45. The Morgan fingerprint density at radius 1 is 1.17 bits per heavy atom. The van der Waals surface area contributed by atoms with Crippen LogP contribution in [0, 0.1) is 12.8 Å². The number of nitrogens with one attached hydrogen (secondary N) is 1. The molecule has 1 amide bonds. The highest BCUT2D eigenvalue weighted by molar-refractivity contribution is 5.99. The third-order valence-electron chi connectivity index (χ3n) is 5.33. The molecule has 0 bridgehead atoms. The Bertz CT molecular complexity index is 943. The van der Waals surface area contributed by atoms with Crippen molar-refractivity contribution in [2.45, 2.75) is 19.8 Å². The highest BCUT2D eigenvalue weighted by atomic mass is 35.5. The van der Waals surface area contributed by atoms with Crippen molar-refractivity contribution in [2.75, 3.05) is 26.7 Å². The maximum Gasteiger partial charge on any atom is 0.257 e. The summed E-state index contributed by atoms with van der Waals surface area (Å²) in [7, 11) is 1.98. The average Bonchev–Trinajstić information content (AvgIpc) is 3.35. The number of furan rings is 1. The zero-order valence-corrected chi connectivity index (χ0v) is 17.6. The Labute approximate surface area is 177 Å². The molecule has 2 aromatic heterocycles. The van der Waals surface area contributed by atoms with E-state index in [1.807, 2.05) is 67.5 Å². The van der Waals surface area contributed by atoms with Gasteiger partial charge in [0.15, 0.2) is 5.76 Å². The number of rotatable bonds is 5. The van der Waals surface area contributed by atoms with E-state index < -0.39 is 0 Å². The van der Waals surface area contributed by atoms with Crippen molar-refractivity contribution in [3.05, 3.63) is 60.0 Å². The van der Waals surface area contributed by atoms with Gasteiger partial charge >= 0.3 is 0 Å². The quantitative estimate of drug-likeness (QED) is 0.687. The molecule has 0 aliphatic carbocycles. The zero-order chi connectivity index (χ0) is 19.5. The second kappa shape index (κ2) is 9.29. The van der Waals surface area contributed by atoms with Crippen molar-refractivity contribution < 1.29 is 9.21 Å². The van der Waals surface area contributed by atoms with Gasteiger partial charge in [0.2, 0.25) is 0 Å². The van der Waals surface area contributed by atoms with Gasteiger partial charge in [0.05, 0.1) is 11.3 Å². The lowest BCUT2D eigenvalue weighted by molar-refractivity contribution is 0.0691. The third kappa shape index (κ3) is 4.54. The van der Waals surface area contributed by atoms with Gasteiger partial charge in [-0.15, -0.1) is 12.4 Å². The molecule has 1 aliphatic rings. The molecular formula is C22H27ClN4O2. The fourth-order valence-corrected chi connectivity index (χ4v) is 3.79. The minimum atomic E-state index is 0. The fraction of sp³-hybridized carbons (Fsp3) is 0.364. The number of aromatic nitrogens is 2. The maximum absolute atomic E-state index is 13.3. The Morgan fingerprint density at radius 2 is 1.90 bits per heavy atom. The molecule has 0 radical (unpaired) electrons. The SMILES string of the molecule is CNCC1CCN(C(=O)c2cn(-c3ccccc3)nc2-c2ccc(C)o2)CC1.Cl. The van der Waals surface area contributed by atoms with Gasteiger partial charge in [0.1, 0.15) is 11.5 Å². The van der Waals surface area contributed by atoms with E-state index in [9.17, 15) is 4.79 Å². The predicted octanol–water partition coefficient (Wildman–Crippen LogP) is 3.93. The Balaban J connectivity index is 0.00000240. The molecule has 0 saturated carbocycles. The summed E-state index contributed by atoms with van der Waals surface area (Å²) >= 11 is 0. The summed E-state index contributed by atoms with van der Waals surface area (Å²) < 4.78 is 7.55. The van der Waals surface area contributed by atoms with Crippen molar-refractivity contribution in [2.24, 2.45) is 5.92 Å². The number of halogens is 1. The molecule has 4 rings (SSSR count). The van der Waals surface area contributed by atoms with Crippen LogP contribution in [0.15, 0.2) is 53.1 Å². The van der Waals surface area contributed by atoms with E-state index >= 15 is 0 Å². The first-order valence-corrected chi connectivity index (χ1v) is 9.81. The van der Waals surface area contributed by atoms with Gasteiger partial charge in [-0.25, -0.2) is 4.68 Å². The first kappa shape index (κ1) is 21.1. The Kier molecular flexibility index (Phi) is 6.77. The summed E-state index contributed by atoms with van der Waals surface area (Å²) in [4.78, 5) is 15.3. The Hall–Kier alpha value is -2.57. The largest absolute Gasteiger partial charge is 0.460 e. The third-order valence-corrected chi connectivity index (χ3v) is 5.33. The van der Waals surface area contributed by atoms with Gasteiger partial charge in [-0.2, -0.15) is 5.10 Å². The number of carbonyl (C=O) groups excluding carboxylic acids is 1. The molecule has 7 heteroatoms. The molecule has 0 unspecified atom stereocenters. The van der Waals surface area contributed by atoms with Crippen molar-refractivity contribution in [3.63, 3.8) is 0 Å². The normalized spacial score (nSPS) is 14.6. The van der Waals surface area contributed by atoms with Crippen molar-refractivity contribution in [1.29, 1.82) is 0 Å². The molecule has 29 heavy (non-hydrogen) atoms. The molecule has 3 aromatic rings. The molecule has 154 valence electrons. The smallest absolute Gasteiger partial charge is 0.257 e. The van der Waals surface area contributed by atoms with Crippen LogP contribution in [0.4, 0.5) is 0 Å². The molecule has 6 nitrogen and oxygen atoms in total. The number of para-hydroxylation sites is 1. The minimum absolute atomic E-state index is 0. The first-order valence-electron chi connectivity index (χ1n) is 9.81. The topological polar surface area (TPSA) is 63.3 Å². The van der Waals surface area contributed by atoms with Gasteiger partial charge < -0.3 is 14.6 Å². The Morgan fingerprint density at radius 3 is 2.52 bits per heavy atom. The molecule has 1 N–H and O–H groups in total. The second-order valence-corrected chi connectivity index (χ2v) is 7.38. The molecule has 1 saturated heterocycles. The van der Waals surface area contributed by atoms with Gasteiger partial charge in [-0.1, -0.05) is 18.2 Å². The number of benzene rings is 1. The summed E-state index contributed by atoms with van der Waals surface area (Å²) in [5, 5.41) is 7.93. The number of hydrogen-bond acceptors (Lipinski definition) is 4. The lowest BCUT2D eigenvalue weighted by atomic mass is 9.96. The van der Waals surface area contributed by atoms with Gasteiger partial charge in [0.25, 0.3) is 5.91 Å². The van der Waals surface area contributed by atoms with E-state index in [0.29, 0.717) is 22.9 Å². The number of nitrogens with zero attached hydrogens (tertiary/aromatic N) is 3. The van der Waals surface area contributed by atoms with Gasteiger partial charge in [-0.05, 0) is 63.5 Å². The second-order valence-electron chi connectivity index (χ2n) is 7.38. The predicted molar refractivity (Wildman–Crippen MR) is 116 cm³/mol. The summed E-state index contributed by atoms with van der Waals surface area (Å²) in [6.07, 6.45) is 3.87. The van der Waals surface area contributed by atoms with E-state index in [1.165, 1.54) is 0 Å². The molecule has 0 atom stereocenters. The minimum Gasteiger partial charge on any atom is -0.460 e. The zero-order valence-electron chi connectivity index (χ0n) is 16.8. The van der Waals surface area contributed by atoms with Crippen LogP contribution in [-0.2, 0) is 0 Å². The van der Waals surface area contributed by atoms with Crippen LogP contribution in [0.5, 0.6) is 0 Å². The fourth-order valence-electron chi connectivity index (χ4n) is 3.79. The van der Waals surface area contributed by atoms with Crippen LogP contribution in [0.2, 0.25) is 0 Å². The summed E-state index contributed by atoms with van der Waals surface area (Å²) in [5.74, 6) is 2.08. The van der Waals surface area contributed by atoms with E-state index in [4.69, 9.17) is 4.42 Å². The van der Waals surface area contributed by atoms with E-state index in [1.54, 1.807) is 4.68 Å². The van der Waals surface area contributed by atoms with Crippen LogP contribution in [-0.4, -0.2) is 47.3 Å². The van der Waals surface area contributed by atoms with Crippen LogP contribution in [0.3, 0.4) is 0 Å². The maximum atomic E-state index is 13.3.